The van der Waals surface area contributed by atoms with Crippen LogP contribution in [0, 0.1) is 13.8 Å². The summed E-state index contributed by atoms with van der Waals surface area (Å²) in [5.74, 6) is 0. The van der Waals surface area contributed by atoms with E-state index in [1.807, 2.05) is 0 Å². The van der Waals surface area contributed by atoms with Crippen molar-refractivity contribution in [3.05, 3.63) is 57.6 Å². The van der Waals surface area contributed by atoms with Gasteiger partial charge >= 0.3 is 0 Å². The zero-order valence-electron chi connectivity index (χ0n) is 47.2. The Bertz CT molecular complexity index is 2140. The number of fused-ring (bicyclic) bond motifs is 10. The van der Waals surface area contributed by atoms with Gasteiger partial charge in [-0.15, -0.1) is 0 Å². The number of aromatic nitrogens is 4. The molecule has 0 atom stereocenters. The summed E-state index contributed by atoms with van der Waals surface area (Å²) in [4.78, 5) is 0. The van der Waals surface area contributed by atoms with Crippen LogP contribution in [-0.4, -0.2) is 17.5 Å². The molecule has 0 fully saturated rings. The van der Waals surface area contributed by atoms with Crippen molar-refractivity contribution < 1.29 is 0 Å². The van der Waals surface area contributed by atoms with E-state index in [0.29, 0.717) is 0 Å². The maximum absolute atomic E-state index is 5.25. The van der Waals surface area contributed by atoms with E-state index in [1.54, 1.807) is 22.3 Å². The molecule has 6 heteroatoms. The Morgan fingerprint density at radius 3 is 0.792 bits per heavy atom. The van der Waals surface area contributed by atoms with E-state index >= 15 is 0 Å². The molecule has 72 heavy (non-hydrogen) atoms. The molecule has 2 heterocycles. The maximum atomic E-state index is 5.25. The van der Waals surface area contributed by atoms with Crippen LogP contribution in [0.2, 0.25) is 0 Å². The van der Waals surface area contributed by atoms with Gasteiger partial charge < -0.3 is 0 Å². The first-order valence-electron chi connectivity index (χ1n) is 31.2. The number of hydrogen-bond acceptors (Lipinski definition) is 6. The van der Waals surface area contributed by atoms with Crippen LogP contribution >= 0.6 is 23.5 Å². The molecule has 398 valence electrons. The summed E-state index contributed by atoms with van der Waals surface area (Å²) in [5.41, 5.74) is 19.3. The van der Waals surface area contributed by atoms with Gasteiger partial charge in [0.2, 0.25) is 0 Å². The normalized spacial score (nSPS) is 14.2. The summed E-state index contributed by atoms with van der Waals surface area (Å²) in [6, 6.07) is 10.8. The zero-order chi connectivity index (χ0) is 50.4. The van der Waals surface area contributed by atoms with E-state index in [9.17, 15) is 0 Å². The highest BCUT2D eigenvalue weighted by Gasteiger charge is 2.49. The smallest absolute Gasteiger partial charge is 0.113 e. The van der Waals surface area contributed by atoms with Gasteiger partial charge in [0.25, 0.3) is 0 Å². The molecule has 0 spiro atoms. The van der Waals surface area contributed by atoms with Crippen LogP contribution in [0.4, 0.5) is 0 Å². The number of hydrogen-bond donors (Lipinski definition) is 0. The summed E-state index contributed by atoms with van der Waals surface area (Å²) in [6.45, 7) is 14.0. The predicted molar refractivity (Wildman–Crippen MR) is 318 cm³/mol. The van der Waals surface area contributed by atoms with E-state index in [4.69, 9.17) is 17.5 Å². The van der Waals surface area contributed by atoms with E-state index in [0.717, 1.165) is 22.1 Å². The summed E-state index contributed by atoms with van der Waals surface area (Å²) in [6.07, 6.45) is 54.0. The molecule has 2 aliphatic rings. The third kappa shape index (κ3) is 14.0. The van der Waals surface area contributed by atoms with Gasteiger partial charge in [0.1, 0.15) is 22.1 Å². The average molecular weight is 1020 g/mol. The van der Waals surface area contributed by atoms with Crippen LogP contribution in [0.15, 0.2) is 24.3 Å². The lowest BCUT2D eigenvalue weighted by atomic mass is 9.68. The van der Waals surface area contributed by atoms with Crippen molar-refractivity contribution in [2.75, 3.05) is 0 Å². The van der Waals surface area contributed by atoms with E-state index in [1.165, 1.54) is 314 Å². The van der Waals surface area contributed by atoms with E-state index in [-0.39, 0.29) is 10.8 Å². The molecular formula is C66H102N4S2. The van der Waals surface area contributed by atoms with Crippen LogP contribution < -0.4 is 0 Å². The summed E-state index contributed by atoms with van der Waals surface area (Å²) in [5, 5.41) is 0. The molecule has 2 aromatic heterocycles. The number of rotatable bonds is 40. The highest BCUT2D eigenvalue weighted by atomic mass is 32.1. The van der Waals surface area contributed by atoms with Gasteiger partial charge in [-0.25, -0.2) is 0 Å². The number of aryl methyl sites for hydroxylation is 2. The molecule has 3 aromatic carbocycles. The van der Waals surface area contributed by atoms with Gasteiger partial charge in [0, 0.05) is 22.0 Å². The molecule has 0 radical (unpaired) electrons. The first-order chi connectivity index (χ1) is 35.5. The number of unbranched alkanes of at least 4 members (excludes halogenated alkanes) is 32. The molecule has 2 aliphatic carbocycles. The fourth-order valence-electron chi connectivity index (χ4n) is 13.9. The first-order valence-corrected chi connectivity index (χ1v) is 32.6. The lowest BCUT2D eigenvalue weighted by Crippen LogP contribution is -2.27. The fourth-order valence-corrected chi connectivity index (χ4v) is 15.1. The minimum absolute atomic E-state index is 0.0334. The zero-order valence-corrected chi connectivity index (χ0v) is 48.8. The Balaban J connectivity index is 1.29. The van der Waals surface area contributed by atoms with Gasteiger partial charge in [-0.05, 0) is 96.2 Å². The fraction of sp³-hybridized carbons (Fsp3) is 0.727. The second kappa shape index (κ2) is 30.1. The van der Waals surface area contributed by atoms with Crippen molar-refractivity contribution in [1.29, 1.82) is 0 Å². The molecule has 0 saturated heterocycles. The van der Waals surface area contributed by atoms with Crippen molar-refractivity contribution >= 4 is 45.5 Å². The lowest BCUT2D eigenvalue weighted by Gasteiger charge is -2.35. The molecule has 0 amide bonds. The van der Waals surface area contributed by atoms with Crippen LogP contribution in [0.3, 0.4) is 0 Å². The highest BCUT2D eigenvalue weighted by Crippen LogP contribution is 2.63. The molecule has 5 aromatic rings. The van der Waals surface area contributed by atoms with Gasteiger partial charge in [-0.2, -0.15) is 17.5 Å². The number of benzene rings is 3. The van der Waals surface area contributed by atoms with Crippen LogP contribution in [-0.2, 0) is 10.8 Å². The monoisotopic (exact) mass is 1010 g/mol. The second-order valence-electron chi connectivity index (χ2n) is 23.6. The van der Waals surface area contributed by atoms with Gasteiger partial charge in [-0.3, -0.25) is 0 Å². The van der Waals surface area contributed by atoms with Crippen LogP contribution in [0.5, 0.6) is 0 Å². The molecule has 0 N–H and O–H groups in total. The molecule has 0 aliphatic heterocycles. The quantitative estimate of drug-likeness (QED) is 0.0367. The van der Waals surface area contributed by atoms with Gasteiger partial charge in [0.15, 0.2) is 0 Å². The molecule has 0 saturated carbocycles. The standard InChI is InChI=1S/C66H102N4S2/c1-7-11-15-19-23-27-31-35-39-43-65(44-40-36-32-28-24-20-16-12-8-2)55-49-54-56(50-53(55)59-57(65)47-51(5)61-63(59)69-71-67-61)66(45-41-37-33-29-25-21-17-13-9-3,46-42-38-34-30-26-22-18-14-10-4)58-48-52(6)62-64(60(54)58)70-72-68-62/h47-50H,7-46H2,1-6H3. The molecule has 0 bridgehead atoms. The Labute approximate surface area is 449 Å². The topological polar surface area (TPSA) is 51.6 Å². The lowest BCUT2D eigenvalue weighted by molar-refractivity contribution is 0.393. The third-order valence-electron chi connectivity index (χ3n) is 18.0. The van der Waals surface area contributed by atoms with Gasteiger partial charge in [0.05, 0.1) is 23.5 Å². The molecule has 4 nitrogen and oxygen atoms in total. The minimum atomic E-state index is -0.0334. The summed E-state index contributed by atoms with van der Waals surface area (Å²) in [7, 11) is 0. The Morgan fingerprint density at radius 1 is 0.292 bits per heavy atom. The van der Waals surface area contributed by atoms with Crippen LogP contribution in [0.25, 0.3) is 44.3 Å². The van der Waals surface area contributed by atoms with Crippen molar-refractivity contribution in [2.24, 2.45) is 0 Å². The molecule has 7 rings (SSSR count). The SMILES string of the molecule is CCCCCCCCCCCC1(CCCCCCCCCCC)c2cc3c(cc2-c2c1cc(C)c1nsnc21)C(CCCCCCCCCCC)(CCCCCCCCCCC)c1cc(C)c2nsnc2c1-3. The number of nitrogens with zero attached hydrogens (tertiary/aromatic N) is 4. The summed E-state index contributed by atoms with van der Waals surface area (Å²) < 4.78 is 20.5. The third-order valence-corrected chi connectivity index (χ3v) is 19.1. The molecule has 0 unspecified atom stereocenters. The second-order valence-corrected chi connectivity index (χ2v) is 24.6. The summed E-state index contributed by atoms with van der Waals surface area (Å²) >= 11 is 2.85. The Kier molecular flexibility index (Phi) is 23.9. The van der Waals surface area contributed by atoms with Crippen molar-refractivity contribution in [3.8, 4) is 22.3 Å². The average Bonchev–Trinajstić information content (AvgIpc) is 4.18. The largest absolute Gasteiger partial charge is 0.173 e. The van der Waals surface area contributed by atoms with Crippen molar-refractivity contribution in [2.45, 2.75) is 309 Å². The Hall–Kier alpha value is -2.70. The maximum Gasteiger partial charge on any atom is 0.113 e. The van der Waals surface area contributed by atoms with E-state index in [2.05, 4.69) is 65.8 Å². The first kappa shape index (κ1) is 57.0. The van der Waals surface area contributed by atoms with Crippen molar-refractivity contribution in [1.82, 2.24) is 17.5 Å². The minimum Gasteiger partial charge on any atom is -0.173 e. The van der Waals surface area contributed by atoms with Crippen LogP contribution in [0.1, 0.15) is 318 Å². The van der Waals surface area contributed by atoms with Gasteiger partial charge in [-0.1, -0.05) is 271 Å². The predicted octanol–water partition coefficient (Wildman–Crippen LogP) is 22.5. The Morgan fingerprint density at radius 2 is 0.528 bits per heavy atom. The highest BCUT2D eigenvalue weighted by molar-refractivity contribution is 7.00. The van der Waals surface area contributed by atoms with E-state index < -0.39 is 0 Å². The van der Waals surface area contributed by atoms with Crippen molar-refractivity contribution in [3.63, 3.8) is 0 Å². The molecular weight excluding hydrogens is 913 g/mol.